The first-order chi connectivity index (χ1) is 9.22. The van der Waals surface area contributed by atoms with Gasteiger partial charge in [-0.2, -0.15) is 10.5 Å². The number of aryl methyl sites for hydroxylation is 1. The van der Waals surface area contributed by atoms with Crippen LogP contribution in [-0.4, -0.2) is 0 Å². The molecule has 2 aromatic carbocycles. The topological polar surface area (TPSA) is 59.6 Å². The third-order valence-electron chi connectivity index (χ3n) is 2.93. The summed E-state index contributed by atoms with van der Waals surface area (Å²) in [7, 11) is 0. The van der Waals surface area contributed by atoms with Crippen molar-refractivity contribution in [2.45, 2.75) is 13.5 Å². The molecule has 0 aliphatic rings. The summed E-state index contributed by atoms with van der Waals surface area (Å²) < 4.78 is 0. The monoisotopic (exact) mass is 247 g/mol. The zero-order valence-corrected chi connectivity index (χ0v) is 10.6. The number of anilines is 1. The van der Waals surface area contributed by atoms with E-state index >= 15 is 0 Å². The van der Waals surface area contributed by atoms with Gasteiger partial charge in [-0.05, 0) is 42.3 Å². The van der Waals surface area contributed by atoms with E-state index in [1.54, 1.807) is 12.1 Å². The fraction of sp³-hybridized carbons (Fsp3) is 0.125. The Morgan fingerprint density at radius 1 is 0.947 bits per heavy atom. The highest BCUT2D eigenvalue weighted by Gasteiger charge is 2.00. The molecule has 0 saturated heterocycles. The molecule has 0 aliphatic heterocycles. The van der Waals surface area contributed by atoms with Crippen molar-refractivity contribution in [1.29, 1.82) is 10.5 Å². The van der Waals surface area contributed by atoms with Crippen molar-refractivity contribution in [3.05, 3.63) is 64.7 Å². The SMILES string of the molecule is Cc1ccc(C#N)cc1NCc1ccc(C#N)cc1. The molecule has 0 saturated carbocycles. The van der Waals surface area contributed by atoms with Gasteiger partial charge in [0.15, 0.2) is 0 Å². The van der Waals surface area contributed by atoms with Crippen LogP contribution in [0.15, 0.2) is 42.5 Å². The highest BCUT2D eigenvalue weighted by Crippen LogP contribution is 2.17. The van der Waals surface area contributed by atoms with Crippen molar-refractivity contribution in [3.63, 3.8) is 0 Å². The van der Waals surface area contributed by atoms with E-state index in [2.05, 4.69) is 17.5 Å². The quantitative estimate of drug-likeness (QED) is 0.904. The number of nitrogens with zero attached hydrogens (tertiary/aromatic N) is 2. The Labute approximate surface area is 112 Å². The molecule has 92 valence electrons. The van der Waals surface area contributed by atoms with Crippen molar-refractivity contribution in [2.75, 3.05) is 5.32 Å². The van der Waals surface area contributed by atoms with Gasteiger partial charge in [0, 0.05) is 12.2 Å². The molecule has 0 aliphatic carbocycles. The molecule has 0 fully saturated rings. The van der Waals surface area contributed by atoms with Crippen LogP contribution in [0.1, 0.15) is 22.3 Å². The summed E-state index contributed by atoms with van der Waals surface area (Å²) in [5.74, 6) is 0. The highest BCUT2D eigenvalue weighted by atomic mass is 14.9. The molecule has 3 nitrogen and oxygen atoms in total. The van der Waals surface area contributed by atoms with Gasteiger partial charge in [-0.15, -0.1) is 0 Å². The zero-order valence-electron chi connectivity index (χ0n) is 10.6. The number of hydrogen-bond donors (Lipinski definition) is 1. The van der Waals surface area contributed by atoms with Gasteiger partial charge >= 0.3 is 0 Å². The lowest BCUT2D eigenvalue weighted by Crippen LogP contribution is -2.01. The van der Waals surface area contributed by atoms with Gasteiger partial charge in [-0.25, -0.2) is 0 Å². The normalized spacial score (nSPS) is 9.42. The summed E-state index contributed by atoms with van der Waals surface area (Å²) in [5, 5.41) is 20.9. The minimum Gasteiger partial charge on any atom is -0.381 e. The molecule has 0 aromatic heterocycles. The highest BCUT2D eigenvalue weighted by molar-refractivity contribution is 5.55. The van der Waals surface area contributed by atoms with Crippen LogP contribution in [0, 0.1) is 29.6 Å². The molecule has 0 atom stereocenters. The number of nitriles is 2. The summed E-state index contributed by atoms with van der Waals surface area (Å²) in [6.45, 7) is 2.67. The first-order valence-corrected chi connectivity index (χ1v) is 5.96. The van der Waals surface area contributed by atoms with Crippen LogP contribution < -0.4 is 5.32 Å². The van der Waals surface area contributed by atoms with Crippen LogP contribution in [-0.2, 0) is 6.54 Å². The van der Waals surface area contributed by atoms with Crippen LogP contribution in [0.5, 0.6) is 0 Å². The van der Waals surface area contributed by atoms with Crippen LogP contribution in [0.3, 0.4) is 0 Å². The minimum absolute atomic E-state index is 0.646. The molecule has 0 heterocycles. The Morgan fingerprint density at radius 3 is 2.21 bits per heavy atom. The molecule has 0 spiro atoms. The number of nitrogens with one attached hydrogen (secondary N) is 1. The predicted molar refractivity (Wildman–Crippen MR) is 74.4 cm³/mol. The third-order valence-corrected chi connectivity index (χ3v) is 2.93. The zero-order chi connectivity index (χ0) is 13.7. The summed E-state index contributed by atoms with van der Waals surface area (Å²) in [4.78, 5) is 0. The summed E-state index contributed by atoms with van der Waals surface area (Å²) in [6, 6.07) is 17.3. The van der Waals surface area contributed by atoms with Crippen LogP contribution >= 0.6 is 0 Å². The summed E-state index contributed by atoms with van der Waals surface area (Å²) in [6.07, 6.45) is 0. The van der Waals surface area contributed by atoms with Gasteiger partial charge in [0.25, 0.3) is 0 Å². The fourth-order valence-corrected chi connectivity index (χ4v) is 1.78. The lowest BCUT2D eigenvalue weighted by atomic mass is 10.1. The molecule has 0 amide bonds. The largest absolute Gasteiger partial charge is 0.381 e. The van der Waals surface area contributed by atoms with Crippen LogP contribution in [0.2, 0.25) is 0 Å². The van der Waals surface area contributed by atoms with Crippen molar-refractivity contribution in [1.82, 2.24) is 0 Å². The molecule has 19 heavy (non-hydrogen) atoms. The molecule has 2 rings (SSSR count). The number of hydrogen-bond acceptors (Lipinski definition) is 3. The second kappa shape index (κ2) is 5.71. The van der Waals surface area contributed by atoms with Crippen molar-refractivity contribution < 1.29 is 0 Å². The first kappa shape index (κ1) is 12.7. The van der Waals surface area contributed by atoms with E-state index in [-0.39, 0.29) is 0 Å². The van der Waals surface area contributed by atoms with Crippen molar-refractivity contribution >= 4 is 5.69 Å². The Morgan fingerprint density at radius 2 is 1.58 bits per heavy atom. The Hall–Kier alpha value is -2.78. The van der Waals surface area contributed by atoms with Gasteiger partial charge in [-0.1, -0.05) is 18.2 Å². The fourth-order valence-electron chi connectivity index (χ4n) is 1.78. The molecule has 0 radical (unpaired) electrons. The summed E-state index contributed by atoms with van der Waals surface area (Å²) >= 11 is 0. The minimum atomic E-state index is 0.646. The van der Waals surface area contributed by atoms with E-state index in [1.807, 2.05) is 37.3 Å². The van der Waals surface area contributed by atoms with E-state index in [9.17, 15) is 0 Å². The maximum absolute atomic E-state index is 8.89. The maximum atomic E-state index is 8.89. The lowest BCUT2D eigenvalue weighted by molar-refractivity contribution is 1.14. The first-order valence-electron chi connectivity index (χ1n) is 5.96. The molecular weight excluding hydrogens is 234 g/mol. The van der Waals surface area contributed by atoms with Gasteiger partial charge in [0.05, 0.1) is 23.3 Å². The number of benzene rings is 2. The third kappa shape index (κ3) is 3.12. The summed E-state index contributed by atoms with van der Waals surface area (Å²) in [5.41, 5.74) is 4.47. The molecule has 1 N–H and O–H groups in total. The van der Waals surface area contributed by atoms with Gasteiger partial charge in [0.1, 0.15) is 0 Å². The Balaban J connectivity index is 2.10. The molecule has 3 heteroatoms. The molecular formula is C16H13N3. The van der Waals surface area contributed by atoms with E-state index in [1.165, 1.54) is 0 Å². The number of rotatable bonds is 3. The average Bonchev–Trinajstić information content (AvgIpc) is 2.47. The standard InChI is InChI=1S/C16H13N3/c1-12-2-3-15(10-18)8-16(12)19-11-14-6-4-13(9-17)5-7-14/h2-8,19H,11H2,1H3. The smallest absolute Gasteiger partial charge is 0.0992 e. The van der Waals surface area contributed by atoms with Crippen molar-refractivity contribution in [3.8, 4) is 12.1 Å². The van der Waals surface area contributed by atoms with E-state index in [4.69, 9.17) is 10.5 Å². The van der Waals surface area contributed by atoms with Crippen LogP contribution in [0.4, 0.5) is 5.69 Å². The second-order valence-electron chi connectivity index (χ2n) is 4.30. The Kier molecular flexibility index (Phi) is 3.81. The van der Waals surface area contributed by atoms with E-state index < -0.39 is 0 Å². The van der Waals surface area contributed by atoms with Crippen LogP contribution in [0.25, 0.3) is 0 Å². The second-order valence-corrected chi connectivity index (χ2v) is 4.30. The Bertz CT molecular complexity index is 658. The predicted octanol–water partition coefficient (Wildman–Crippen LogP) is 3.35. The van der Waals surface area contributed by atoms with Gasteiger partial charge in [0.2, 0.25) is 0 Å². The van der Waals surface area contributed by atoms with Gasteiger partial charge < -0.3 is 5.32 Å². The van der Waals surface area contributed by atoms with E-state index in [0.717, 1.165) is 16.8 Å². The maximum Gasteiger partial charge on any atom is 0.0992 e. The van der Waals surface area contributed by atoms with Gasteiger partial charge in [-0.3, -0.25) is 0 Å². The molecule has 0 unspecified atom stereocenters. The average molecular weight is 247 g/mol. The lowest BCUT2D eigenvalue weighted by Gasteiger charge is -2.10. The molecule has 2 aromatic rings. The molecule has 0 bridgehead atoms. The van der Waals surface area contributed by atoms with E-state index in [0.29, 0.717) is 17.7 Å². The van der Waals surface area contributed by atoms with Crippen molar-refractivity contribution in [2.24, 2.45) is 0 Å².